The highest BCUT2D eigenvalue weighted by Gasteiger charge is 2.33. The Hall–Kier alpha value is -0.940. The summed E-state index contributed by atoms with van der Waals surface area (Å²) in [5.41, 5.74) is -0.637. The summed E-state index contributed by atoms with van der Waals surface area (Å²) in [4.78, 5) is 11.8. The van der Waals surface area contributed by atoms with Gasteiger partial charge in [-0.3, -0.25) is 4.79 Å². The molecule has 0 aromatic carbocycles. The van der Waals surface area contributed by atoms with Crippen molar-refractivity contribution >= 4 is 17.7 Å². The Morgan fingerprint density at radius 1 is 1.61 bits per heavy atom. The van der Waals surface area contributed by atoms with E-state index in [0.717, 1.165) is 24.5 Å². The van der Waals surface area contributed by atoms with Crippen LogP contribution in [0.2, 0.25) is 0 Å². The van der Waals surface area contributed by atoms with Crippen molar-refractivity contribution in [2.75, 3.05) is 19.4 Å². The van der Waals surface area contributed by atoms with Crippen molar-refractivity contribution in [3.05, 3.63) is 24.2 Å². The fourth-order valence-corrected chi connectivity index (χ4v) is 2.65. The highest BCUT2D eigenvalue weighted by molar-refractivity contribution is 7.98. The number of esters is 1. The number of carbonyl (C=O) groups is 1. The Bertz CT molecular complexity index is 353. The van der Waals surface area contributed by atoms with Gasteiger partial charge < -0.3 is 14.5 Å². The molecule has 1 aromatic rings. The number of nitrogens with one attached hydrogen (secondary N) is 1. The second-order valence-corrected chi connectivity index (χ2v) is 5.31. The van der Waals surface area contributed by atoms with E-state index < -0.39 is 5.54 Å². The molecule has 0 saturated heterocycles. The summed E-state index contributed by atoms with van der Waals surface area (Å²) in [5.74, 6) is 2.11. The van der Waals surface area contributed by atoms with Crippen molar-refractivity contribution in [3.63, 3.8) is 0 Å². The second-order valence-electron chi connectivity index (χ2n) is 4.32. The summed E-state index contributed by atoms with van der Waals surface area (Å²) in [5, 5.41) is 3.25. The van der Waals surface area contributed by atoms with Gasteiger partial charge in [0.15, 0.2) is 0 Å². The van der Waals surface area contributed by atoms with Crippen molar-refractivity contribution < 1.29 is 13.9 Å². The van der Waals surface area contributed by atoms with Crippen molar-refractivity contribution in [1.82, 2.24) is 5.32 Å². The Labute approximate surface area is 112 Å². The molecule has 0 radical (unpaired) electrons. The van der Waals surface area contributed by atoms with Crippen LogP contribution in [0.5, 0.6) is 0 Å². The normalized spacial score (nSPS) is 14.2. The molecule has 0 aliphatic carbocycles. The van der Waals surface area contributed by atoms with Gasteiger partial charge >= 0.3 is 5.97 Å². The minimum absolute atomic E-state index is 0.220. The Morgan fingerprint density at radius 2 is 2.39 bits per heavy atom. The van der Waals surface area contributed by atoms with Gasteiger partial charge in [-0.05, 0) is 32.0 Å². The molecular weight excluding hydrogens is 250 g/mol. The molecule has 1 atom stereocenters. The molecular formula is C13H21NO3S. The van der Waals surface area contributed by atoms with Crippen LogP contribution >= 0.6 is 11.8 Å². The summed E-state index contributed by atoms with van der Waals surface area (Å²) >= 11 is 1.65. The molecule has 1 heterocycles. The lowest BCUT2D eigenvalue weighted by atomic mass is 10.1. The number of carbonyl (C=O) groups excluding carboxylic acids is 1. The average Bonchev–Trinajstić information content (AvgIpc) is 2.88. The minimum atomic E-state index is -0.637. The van der Waals surface area contributed by atoms with Gasteiger partial charge in [0.05, 0.1) is 19.1 Å². The van der Waals surface area contributed by atoms with Gasteiger partial charge in [0.25, 0.3) is 0 Å². The number of furan rings is 1. The summed E-state index contributed by atoms with van der Waals surface area (Å²) in [7, 11) is 1.42. The monoisotopic (exact) mass is 271 g/mol. The molecule has 0 aliphatic rings. The molecule has 1 rings (SSSR count). The van der Waals surface area contributed by atoms with E-state index >= 15 is 0 Å². The first-order valence-corrected chi connectivity index (χ1v) is 7.21. The molecule has 102 valence electrons. The largest absolute Gasteiger partial charge is 0.468 e. The predicted octanol–water partition coefficient (Wildman–Crippen LogP) is 2.44. The fourth-order valence-electron chi connectivity index (χ4n) is 1.56. The summed E-state index contributed by atoms with van der Waals surface area (Å²) in [6, 6.07) is 3.80. The average molecular weight is 271 g/mol. The van der Waals surface area contributed by atoms with Gasteiger partial charge in [-0.15, -0.1) is 0 Å². The van der Waals surface area contributed by atoms with Crippen LogP contribution in [0.4, 0.5) is 0 Å². The molecule has 1 aromatic heterocycles. The van der Waals surface area contributed by atoms with Gasteiger partial charge in [-0.25, -0.2) is 0 Å². The van der Waals surface area contributed by atoms with Gasteiger partial charge in [0.2, 0.25) is 0 Å². The van der Waals surface area contributed by atoms with Crippen molar-refractivity contribution in [2.45, 2.75) is 31.6 Å². The van der Waals surface area contributed by atoms with Crippen LogP contribution in [-0.4, -0.2) is 30.9 Å². The lowest BCUT2D eigenvalue weighted by molar-refractivity contribution is -0.146. The van der Waals surface area contributed by atoms with Crippen LogP contribution in [-0.2, 0) is 15.3 Å². The first kappa shape index (κ1) is 15.1. The number of ether oxygens (including phenoxy) is 1. The van der Waals surface area contributed by atoms with Crippen LogP contribution in [0.3, 0.4) is 0 Å². The standard InChI is InChI=1S/C13H21NO3S/c1-4-7-14-13(2,12(15)16-3)10-18-9-11-6-5-8-17-11/h5-6,8,14H,4,7,9-10H2,1-3H3. The molecule has 0 amide bonds. The lowest BCUT2D eigenvalue weighted by Crippen LogP contribution is -2.52. The third kappa shape index (κ3) is 4.38. The van der Waals surface area contributed by atoms with Crippen LogP contribution in [0.15, 0.2) is 22.8 Å². The fraction of sp³-hybridized carbons (Fsp3) is 0.615. The van der Waals surface area contributed by atoms with E-state index in [4.69, 9.17) is 9.15 Å². The maximum Gasteiger partial charge on any atom is 0.326 e. The van der Waals surface area contributed by atoms with E-state index in [2.05, 4.69) is 12.2 Å². The molecule has 0 aliphatic heterocycles. The van der Waals surface area contributed by atoms with Crippen LogP contribution in [0, 0.1) is 0 Å². The minimum Gasteiger partial charge on any atom is -0.468 e. The summed E-state index contributed by atoms with van der Waals surface area (Å²) in [6.07, 6.45) is 2.64. The zero-order chi connectivity index (χ0) is 13.4. The molecule has 0 spiro atoms. The molecule has 0 fully saturated rings. The third-order valence-corrected chi connectivity index (χ3v) is 3.89. The van der Waals surface area contributed by atoms with E-state index in [1.807, 2.05) is 19.1 Å². The maximum absolute atomic E-state index is 11.8. The topological polar surface area (TPSA) is 51.5 Å². The molecule has 0 bridgehead atoms. The van der Waals surface area contributed by atoms with Crippen LogP contribution in [0.25, 0.3) is 0 Å². The van der Waals surface area contributed by atoms with E-state index in [1.54, 1.807) is 18.0 Å². The molecule has 1 N–H and O–H groups in total. The number of methoxy groups -OCH3 is 1. The van der Waals surface area contributed by atoms with Gasteiger partial charge in [0.1, 0.15) is 11.3 Å². The summed E-state index contributed by atoms with van der Waals surface area (Å²) < 4.78 is 10.1. The number of thioether (sulfide) groups is 1. The first-order chi connectivity index (χ1) is 8.62. The molecule has 4 nitrogen and oxygen atoms in total. The van der Waals surface area contributed by atoms with Crippen molar-refractivity contribution in [3.8, 4) is 0 Å². The first-order valence-electron chi connectivity index (χ1n) is 6.06. The second kappa shape index (κ2) is 7.48. The SMILES string of the molecule is CCCNC(C)(CSCc1ccco1)C(=O)OC. The molecule has 5 heteroatoms. The lowest BCUT2D eigenvalue weighted by Gasteiger charge is -2.27. The molecule has 1 unspecified atom stereocenters. The van der Waals surface area contributed by atoms with Crippen molar-refractivity contribution in [1.29, 1.82) is 0 Å². The summed E-state index contributed by atoms with van der Waals surface area (Å²) in [6.45, 7) is 4.75. The van der Waals surface area contributed by atoms with Gasteiger partial charge in [-0.1, -0.05) is 6.92 Å². The van der Waals surface area contributed by atoms with Crippen molar-refractivity contribution in [2.24, 2.45) is 0 Å². The van der Waals surface area contributed by atoms with E-state index in [-0.39, 0.29) is 5.97 Å². The number of hydrogen-bond donors (Lipinski definition) is 1. The van der Waals surface area contributed by atoms with Gasteiger partial charge in [-0.2, -0.15) is 11.8 Å². The van der Waals surface area contributed by atoms with Crippen LogP contribution in [0.1, 0.15) is 26.0 Å². The van der Waals surface area contributed by atoms with E-state index in [0.29, 0.717) is 5.75 Å². The number of rotatable bonds is 8. The highest BCUT2D eigenvalue weighted by Crippen LogP contribution is 2.19. The zero-order valence-electron chi connectivity index (χ0n) is 11.2. The van der Waals surface area contributed by atoms with E-state index in [1.165, 1.54) is 7.11 Å². The van der Waals surface area contributed by atoms with E-state index in [9.17, 15) is 4.79 Å². The molecule has 0 saturated carbocycles. The van der Waals surface area contributed by atoms with Crippen LogP contribution < -0.4 is 5.32 Å². The zero-order valence-corrected chi connectivity index (χ0v) is 12.0. The Kier molecular flexibility index (Phi) is 6.29. The smallest absolute Gasteiger partial charge is 0.326 e. The Morgan fingerprint density at radius 3 is 2.94 bits per heavy atom. The predicted molar refractivity (Wildman–Crippen MR) is 73.6 cm³/mol. The highest BCUT2D eigenvalue weighted by atomic mass is 32.2. The number of hydrogen-bond acceptors (Lipinski definition) is 5. The third-order valence-electron chi connectivity index (χ3n) is 2.62. The maximum atomic E-state index is 11.8. The molecule has 18 heavy (non-hydrogen) atoms. The Balaban J connectivity index is 2.47. The quantitative estimate of drug-likeness (QED) is 0.736. The van der Waals surface area contributed by atoms with Gasteiger partial charge in [0, 0.05) is 5.75 Å².